The van der Waals surface area contributed by atoms with E-state index in [0.717, 1.165) is 102 Å². The van der Waals surface area contributed by atoms with Crippen molar-refractivity contribution in [3.8, 4) is 0 Å². The molecule has 3 unspecified atom stereocenters. The van der Waals surface area contributed by atoms with Gasteiger partial charge in [0.1, 0.15) is 19.3 Å². The lowest BCUT2D eigenvalue weighted by atomic mass is 9.99. The van der Waals surface area contributed by atoms with Crippen molar-refractivity contribution < 1.29 is 80.2 Å². The fourth-order valence-electron chi connectivity index (χ4n) is 12.6. The quantitative estimate of drug-likeness (QED) is 0.0222. The van der Waals surface area contributed by atoms with Crippen molar-refractivity contribution in [2.75, 3.05) is 39.6 Å². The summed E-state index contributed by atoms with van der Waals surface area (Å²) in [5.74, 6) is -1.34. The lowest BCUT2D eigenvalue weighted by molar-refractivity contribution is -0.161. The molecule has 0 rings (SSSR count). The summed E-state index contributed by atoms with van der Waals surface area (Å²) < 4.78 is 68.6. The van der Waals surface area contributed by atoms with Gasteiger partial charge in [0, 0.05) is 25.7 Å². The third-order valence-electron chi connectivity index (χ3n) is 19.4. The Labute approximate surface area is 613 Å². The number of esters is 4. The van der Waals surface area contributed by atoms with Crippen LogP contribution in [0.15, 0.2) is 0 Å². The van der Waals surface area contributed by atoms with Crippen molar-refractivity contribution in [2.24, 2.45) is 5.92 Å². The first-order valence-corrected chi connectivity index (χ1v) is 45.2. The molecule has 100 heavy (non-hydrogen) atoms. The zero-order valence-corrected chi connectivity index (χ0v) is 67.1. The minimum atomic E-state index is -4.96. The smallest absolute Gasteiger partial charge is 0.462 e. The van der Waals surface area contributed by atoms with Gasteiger partial charge in [-0.05, 0) is 31.6 Å². The number of carbonyl (C=O) groups is 4. The number of hydrogen-bond acceptors (Lipinski definition) is 15. The zero-order valence-electron chi connectivity index (χ0n) is 65.3. The molecule has 0 aromatic heterocycles. The van der Waals surface area contributed by atoms with Crippen molar-refractivity contribution in [3.05, 3.63) is 0 Å². The molecule has 0 amide bonds. The summed E-state index contributed by atoms with van der Waals surface area (Å²) in [4.78, 5) is 72.9. The van der Waals surface area contributed by atoms with Gasteiger partial charge in [-0.3, -0.25) is 37.3 Å². The summed E-state index contributed by atoms with van der Waals surface area (Å²) in [6.07, 6.45) is 65.5. The highest BCUT2D eigenvalue weighted by atomic mass is 31.2. The number of aliphatic hydroxyl groups excluding tert-OH is 1. The number of aliphatic hydroxyl groups is 1. The lowest BCUT2D eigenvalue weighted by Gasteiger charge is -2.21. The molecular weight excluding hydrogens is 1310 g/mol. The number of hydrogen-bond donors (Lipinski definition) is 3. The summed E-state index contributed by atoms with van der Waals surface area (Å²) >= 11 is 0. The van der Waals surface area contributed by atoms with Crippen LogP contribution in [0, 0.1) is 5.92 Å². The minimum absolute atomic E-state index is 0.105. The average molecular weight is 1470 g/mol. The van der Waals surface area contributed by atoms with E-state index in [-0.39, 0.29) is 25.7 Å². The van der Waals surface area contributed by atoms with Gasteiger partial charge in [-0.15, -0.1) is 0 Å². The summed E-state index contributed by atoms with van der Waals surface area (Å²) in [5, 5.41) is 10.6. The molecule has 17 nitrogen and oxygen atoms in total. The van der Waals surface area contributed by atoms with Crippen LogP contribution in [0.4, 0.5) is 0 Å². The van der Waals surface area contributed by atoms with E-state index < -0.39 is 97.5 Å². The van der Waals surface area contributed by atoms with Gasteiger partial charge in [-0.25, -0.2) is 9.13 Å². The molecule has 594 valence electrons. The molecule has 0 saturated carbocycles. The number of ether oxygens (including phenoxy) is 4. The summed E-state index contributed by atoms with van der Waals surface area (Å²) in [6.45, 7) is 7.29. The van der Waals surface area contributed by atoms with Crippen LogP contribution in [0.2, 0.25) is 0 Å². The molecule has 0 aliphatic heterocycles. The SMILES string of the molecule is CCCCCCCCCCCCCCCCCCCCCCCCC(=O)O[C@H](COC(=O)CCCCCCCCCCCCCCCCCCCC)COP(=O)(O)OC[C@@H](O)COP(=O)(O)OC[C@@H](COC(=O)CCCCCCCCCC)OC(=O)CCCCCCCCCCC(C)CC. The summed E-state index contributed by atoms with van der Waals surface area (Å²) in [7, 11) is -9.91. The van der Waals surface area contributed by atoms with Gasteiger partial charge in [0.25, 0.3) is 0 Å². The molecule has 6 atom stereocenters. The first-order chi connectivity index (χ1) is 48.6. The van der Waals surface area contributed by atoms with Crippen molar-refractivity contribution in [1.29, 1.82) is 0 Å². The minimum Gasteiger partial charge on any atom is -0.462 e. The second-order valence-corrected chi connectivity index (χ2v) is 32.3. The molecule has 0 radical (unpaired) electrons. The first kappa shape index (κ1) is 98.1. The molecule has 3 N–H and O–H groups in total. The zero-order chi connectivity index (χ0) is 73.4. The predicted octanol–water partition coefficient (Wildman–Crippen LogP) is 24.4. The molecule has 0 heterocycles. The molecule has 0 bridgehead atoms. The van der Waals surface area contributed by atoms with E-state index in [2.05, 4.69) is 34.6 Å². The Morgan fingerprint density at radius 1 is 0.280 bits per heavy atom. The number of rotatable bonds is 81. The van der Waals surface area contributed by atoms with Gasteiger partial charge in [0.05, 0.1) is 26.4 Å². The van der Waals surface area contributed by atoms with Crippen LogP contribution >= 0.6 is 15.6 Å². The van der Waals surface area contributed by atoms with Crippen LogP contribution in [0.1, 0.15) is 433 Å². The Bertz CT molecular complexity index is 1910. The van der Waals surface area contributed by atoms with Crippen molar-refractivity contribution in [3.63, 3.8) is 0 Å². The average Bonchev–Trinajstić information content (AvgIpc) is 0.943. The summed E-state index contributed by atoms with van der Waals surface area (Å²) in [5.41, 5.74) is 0. The fraction of sp³-hybridized carbons (Fsp3) is 0.951. The van der Waals surface area contributed by atoms with E-state index in [1.165, 1.54) is 250 Å². The van der Waals surface area contributed by atoms with Crippen molar-refractivity contribution in [2.45, 2.75) is 451 Å². The Kier molecular flexibility index (Phi) is 72.5. The van der Waals surface area contributed by atoms with Gasteiger partial charge in [-0.1, -0.05) is 381 Å². The van der Waals surface area contributed by atoms with Crippen molar-refractivity contribution >= 4 is 39.5 Å². The highest BCUT2D eigenvalue weighted by Crippen LogP contribution is 2.45. The largest absolute Gasteiger partial charge is 0.472 e. The first-order valence-electron chi connectivity index (χ1n) is 42.2. The molecule has 0 aromatic rings. The van der Waals surface area contributed by atoms with Crippen LogP contribution in [-0.4, -0.2) is 96.7 Å². The van der Waals surface area contributed by atoms with E-state index in [9.17, 15) is 43.2 Å². The Morgan fingerprint density at radius 3 is 0.710 bits per heavy atom. The molecule has 19 heteroatoms. The number of carbonyl (C=O) groups excluding carboxylic acids is 4. The lowest BCUT2D eigenvalue weighted by Crippen LogP contribution is -2.30. The second kappa shape index (κ2) is 73.9. The van der Waals surface area contributed by atoms with Gasteiger partial charge in [-0.2, -0.15) is 0 Å². The summed E-state index contributed by atoms with van der Waals surface area (Å²) in [6, 6.07) is 0. The highest BCUT2D eigenvalue weighted by Gasteiger charge is 2.30. The van der Waals surface area contributed by atoms with Crippen molar-refractivity contribution in [1.82, 2.24) is 0 Å². The molecule has 0 aromatic carbocycles. The number of phosphoric acid groups is 2. The third kappa shape index (κ3) is 73.0. The molecular formula is C81H158O17P2. The maximum absolute atomic E-state index is 13.1. The molecule has 0 spiro atoms. The standard InChI is InChI=1S/C81H158O17P2/c1-6-10-13-16-19-22-24-26-28-30-32-33-34-35-37-39-41-43-45-51-56-61-66-80(85)97-77(71-92-79(84)65-60-55-50-44-42-40-38-36-31-29-27-25-23-20-17-14-11-7-2)73-96-100(89,90)94-69-75(82)68-93-99(87,88)95-72-76(70-91-78(83)64-59-54-49-21-18-15-12-8-3)98-81(86)67-62-57-52-47-46-48-53-58-63-74(5)9-4/h74-77,82H,6-73H2,1-5H3,(H,87,88)(H,89,90)/t74?,75-,76+,77+/m0/s1. The van der Waals surface area contributed by atoms with Gasteiger partial charge >= 0.3 is 39.5 Å². The van der Waals surface area contributed by atoms with Gasteiger partial charge < -0.3 is 33.8 Å². The highest BCUT2D eigenvalue weighted by molar-refractivity contribution is 7.47. The number of phosphoric ester groups is 2. The molecule has 0 saturated heterocycles. The van der Waals surface area contributed by atoms with E-state index in [4.69, 9.17) is 37.0 Å². The van der Waals surface area contributed by atoms with Gasteiger partial charge in [0.2, 0.25) is 0 Å². The second-order valence-electron chi connectivity index (χ2n) is 29.4. The monoisotopic (exact) mass is 1470 g/mol. The van der Waals surface area contributed by atoms with E-state index >= 15 is 0 Å². The third-order valence-corrected chi connectivity index (χ3v) is 21.3. The maximum Gasteiger partial charge on any atom is 0.472 e. The normalized spacial score (nSPS) is 14.1. The Hall–Kier alpha value is -1.94. The van der Waals surface area contributed by atoms with E-state index in [0.29, 0.717) is 25.7 Å². The maximum atomic E-state index is 13.1. The molecule has 0 aliphatic carbocycles. The topological polar surface area (TPSA) is 237 Å². The molecule has 0 aliphatic rings. The van der Waals surface area contributed by atoms with E-state index in [1.54, 1.807) is 0 Å². The van der Waals surface area contributed by atoms with Crippen LogP contribution in [0.25, 0.3) is 0 Å². The number of unbranched alkanes of at least 4 members (excludes halogenated alkanes) is 52. The van der Waals surface area contributed by atoms with Crippen LogP contribution in [-0.2, 0) is 65.4 Å². The molecule has 0 fully saturated rings. The Morgan fingerprint density at radius 2 is 0.480 bits per heavy atom. The van der Waals surface area contributed by atoms with Crippen LogP contribution < -0.4 is 0 Å². The van der Waals surface area contributed by atoms with Crippen LogP contribution in [0.3, 0.4) is 0 Å². The van der Waals surface area contributed by atoms with Gasteiger partial charge in [0.15, 0.2) is 12.2 Å². The van der Waals surface area contributed by atoms with Crippen LogP contribution in [0.5, 0.6) is 0 Å². The van der Waals surface area contributed by atoms with E-state index in [1.807, 2.05) is 0 Å². The fourth-order valence-corrected chi connectivity index (χ4v) is 14.1. The predicted molar refractivity (Wildman–Crippen MR) is 409 cm³/mol. The Balaban J connectivity index is 5.17.